The predicted octanol–water partition coefficient (Wildman–Crippen LogP) is 4.97. The minimum atomic E-state index is -0.677. The zero-order chi connectivity index (χ0) is 15.9. The van der Waals surface area contributed by atoms with Crippen LogP contribution in [0.3, 0.4) is 0 Å². The average molecular weight is 359 g/mol. The van der Waals surface area contributed by atoms with Crippen LogP contribution in [-0.2, 0) is 12.8 Å². The first-order valence-electron chi connectivity index (χ1n) is 6.88. The summed E-state index contributed by atoms with van der Waals surface area (Å²) in [4.78, 5) is 17.9. The number of benzene rings is 1. The lowest BCUT2D eigenvalue weighted by Gasteiger charge is -2.15. The third-order valence-corrected chi connectivity index (χ3v) is 5.30. The fourth-order valence-corrected chi connectivity index (χ4v) is 4.09. The lowest BCUT2D eigenvalue weighted by atomic mass is 9.93. The Hall–Kier alpha value is -1.17. The zero-order valence-corrected chi connectivity index (χ0v) is 14.1. The molecule has 1 aromatic heterocycles. The van der Waals surface area contributed by atoms with Crippen LogP contribution < -0.4 is 5.32 Å². The van der Waals surface area contributed by atoms with Crippen LogP contribution in [0.1, 0.15) is 34.3 Å². The molecule has 0 bridgehead atoms. The molecule has 3 nitrogen and oxygen atoms in total. The van der Waals surface area contributed by atoms with Crippen molar-refractivity contribution in [2.24, 2.45) is 5.92 Å². The Bertz CT molecular complexity index is 747. The van der Waals surface area contributed by atoms with Crippen LogP contribution in [0.5, 0.6) is 0 Å². The molecule has 1 atom stereocenters. The monoisotopic (exact) mass is 358 g/mol. The molecule has 0 unspecified atom stereocenters. The lowest BCUT2D eigenvalue weighted by molar-refractivity contribution is 0.102. The van der Waals surface area contributed by atoms with Gasteiger partial charge in [-0.2, -0.15) is 0 Å². The van der Waals surface area contributed by atoms with Gasteiger partial charge in [0.05, 0.1) is 21.3 Å². The highest BCUT2D eigenvalue weighted by Gasteiger charge is 2.21. The van der Waals surface area contributed by atoms with Crippen molar-refractivity contribution in [3.63, 3.8) is 0 Å². The summed E-state index contributed by atoms with van der Waals surface area (Å²) < 4.78 is 13.5. The summed E-state index contributed by atoms with van der Waals surface area (Å²) in [6, 6.07) is 2.26. The SMILES string of the molecule is C[C@H]1CCc2nc(NC(=O)c3cc(F)c(Cl)cc3Cl)sc2C1. The molecule has 0 aliphatic heterocycles. The minimum Gasteiger partial charge on any atom is -0.298 e. The number of halogens is 3. The smallest absolute Gasteiger partial charge is 0.259 e. The fourth-order valence-electron chi connectivity index (χ4n) is 2.45. The van der Waals surface area contributed by atoms with Gasteiger partial charge in [-0.05, 0) is 37.3 Å². The lowest BCUT2D eigenvalue weighted by Crippen LogP contribution is -2.13. The molecule has 116 valence electrons. The largest absolute Gasteiger partial charge is 0.298 e. The molecule has 7 heteroatoms. The zero-order valence-electron chi connectivity index (χ0n) is 11.8. The third-order valence-electron chi connectivity index (χ3n) is 3.66. The van der Waals surface area contributed by atoms with E-state index in [-0.39, 0.29) is 15.6 Å². The van der Waals surface area contributed by atoms with Crippen molar-refractivity contribution in [1.29, 1.82) is 0 Å². The Labute approximate surface area is 141 Å². The van der Waals surface area contributed by atoms with Gasteiger partial charge in [0, 0.05) is 4.88 Å². The van der Waals surface area contributed by atoms with E-state index < -0.39 is 11.7 Å². The molecule has 22 heavy (non-hydrogen) atoms. The molecule has 3 rings (SSSR count). The normalized spacial score (nSPS) is 17.2. The fraction of sp³-hybridized carbons (Fsp3) is 0.333. The van der Waals surface area contributed by atoms with Gasteiger partial charge in [-0.1, -0.05) is 30.1 Å². The summed E-state index contributed by atoms with van der Waals surface area (Å²) >= 11 is 13.1. The molecule has 1 aliphatic rings. The number of hydrogen-bond acceptors (Lipinski definition) is 3. The highest BCUT2D eigenvalue weighted by atomic mass is 35.5. The number of aryl methyl sites for hydroxylation is 1. The summed E-state index contributed by atoms with van der Waals surface area (Å²) in [6.07, 6.45) is 3.02. The number of rotatable bonds is 2. The Kier molecular flexibility index (Phi) is 4.39. The van der Waals surface area contributed by atoms with E-state index in [2.05, 4.69) is 17.2 Å². The van der Waals surface area contributed by atoms with Gasteiger partial charge in [-0.25, -0.2) is 9.37 Å². The molecule has 0 radical (unpaired) electrons. The molecule has 0 spiro atoms. The second kappa shape index (κ2) is 6.14. The Balaban J connectivity index is 1.82. The van der Waals surface area contributed by atoms with Gasteiger partial charge in [-0.15, -0.1) is 11.3 Å². The van der Waals surface area contributed by atoms with Crippen LogP contribution in [0.15, 0.2) is 12.1 Å². The molecule has 1 N–H and O–H groups in total. The molecule has 0 saturated carbocycles. The van der Waals surface area contributed by atoms with Crippen molar-refractivity contribution >= 4 is 45.6 Å². The third kappa shape index (κ3) is 3.12. The maximum absolute atomic E-state index is 13.5. The number of amides is 1. The topological polar surface area (TPSA) is 42.0 Å². The number of nitrogens with zero attached hydrogens (tertiary/aromatic N) is 1. The average Bonchev–Trinajstić information content (AvgIpc) is 2.83. The maximum Gasteiger partial charge on any atom is 0.259 e. The first-order valence-corrected chi connectivity index (χ1v) is 8.45. The number of aromatic nitrogens is 1. The van der Waals surface area contributed by atoms with E-state index in [0.717, 1.165) is 31.0 Å². The minimum absolute atomic E-state index is 0.0464. The van der Waals surface area contributed by atoms with Crippen LogP contribution in [0.25, 0.3) is 0 Å². The van der Waals surface area contributed by atoms with E-state index in [4.69, 9.17) is 23.2 Å². The summed E-state index contributed by atoms with van der Waals surface area (Å²) in [5.74, 6) is -0.528. The van der Waals surface area contributed by atoms with Gasteiger partial charge in [0.2, 0.25) is 0 Å². The number of nitrogens with one attached hydrogen (secondary N) is 1. The number of thiazole rings is 1. The summed E-state index contributed by atoms with van der Waals surface area (Å²) in [5.41, 5.74) is 1.09. The molecule has 0 fully saturated rings. The Morgan fingerprint density at radius 1 is 1.41 bits per heavy atom. The molecule has 1 amide bonds. The van der Waals surface area contributed by atoms with E-state index in [0.29, 0.717) is 11.0 Å². The van der Waals surface area contributed by atoms with Crippen molar-refractivity contribution in [3.8, 4) is 0 Å². The summed E-state index contributed by atoms with van der Waals surface area (Å²) in [7, 11) is 0. The van der Waals surface area contributed by atoms with Crippen LogP contribution in [0.2, 0.25) is 10.0 Å². The van der Waals surface area contributed by atoms with Gasteiger partial charge in [-0.3, -0.25) is 10.1 Å². The predicted molar refractivity (Wildman–Crippen MR) is 87.7 cm³/mol. The molecule has 2 aromatic rings. The highest BCUT2D eigenvalue weighted by molar-refractivity contribution is 7.15. The second-order valence-electron chi connectivity index (χ2n) is 5.44. The Morgan fingerprint density at radius 2 is 2.18 bits per heavy atom. The van der Waals surface area contributed by atoms with Crippen LogP contribution in [-0.4, -0.2) is 10.9 Å². The van der Waals surface area contributed by atoms with Crippen molar-refractivity contribution in [1.82, 2.24) is 4.98 Å². The summed E-state index contributed by atoms with van der Waals surface area (Å²) in [6.45, 7) is 2.21. The number of anilines is 1. The molecular formula is C15H13Cl2FN2OS. The maximum atomic E-state index is 13.5. The number of carbonyl (C=O) groups is 1. The number of hydrogen-bond donors (Lipinski definition) is 1. The van der Waals surface area contributed by atoms with Gasteiger partial charge in [0.15, 0.2) is 5.13 Å². The Morgan fingerprint density at radius 3 is 2.95 bits per heavy atom. The molecule has 1 heterocycles. The van der Waals surface area contributed by atoms with Crippen LogP contribution in [0.4, 0.5) is 9.52 Å². The van der Waals surface area contributed by atoms with Gasteiger partial charge >= 0.3 is 0 Å². The van der Waals surface area contributed by atoms with Gasteiger partial charge in [0.1, 0.15) is 5.82 Å². The van der Waals surface area contributed by atoms with E-state index in [9.17, 15) is 9.18 Å². The standard InChI is InChI=1S/C15H13Cl2FN2OS/c1-7-2-3-12-13(4-7)22-15(19-12)20-14(21)8-5-11(18)10(17)6-9(8)16/h5-7H,2-4H2,1H3,(H,19,20,21)/t7-/m0/s1. The molecular weight excluding hydrogens is 346 g/mol. The van der Waals surface area contributed by atoms with Crippen molar-refractivity contribution in [2.45, 2.75) is 26.2 Å². The van der Waals surface area contributed by atoms with Crippen LogP contribution >= 0.6 is 34.5 Å². The quantitative estimate of drug-likeness (QED) is 0.770. The van der Waals surface area contributed by atoms with E-state index in [1.807, 2.05) is 0 Å². The van der Waals surface area contributed by atoms with E-state index in [1.165, 1.54) is 22.3 Å². The van der Waals surface area contributed by atoms with Gasteiger partial charge in [0.25, 0.3) is 5.91 Å². The van der Waals surface area contributed by atoms with Crippen molar-refractivity contribution in [2.75, 3.05) is 5.32 Å². The number of carbonyl (C=O) groups excluding carboxylic acids is 1. The number of fused-ring (bicyclic) bond motifs is 1. The van der Waals surface area contributed by atoms with Crippen molar-refractivity contribution in [3.05, 3.63) is 44.1 Å². The van der Waals surface area contributed by atoms with E-state index >= 15 is 0 Å². The molecule has 1 aromatic carbocycles. The molecule has 0 saturated heterocycles. The van der Waals surface area contributed by atoms with E-state index in [1.54, 1.807) is 0 Å². The highest BCUT2D eigenvalue weighted by Crippen LogP contribution is 2.32. The van der Waals surface area contributed by atoms with Crippen molar-refractivity contribution < 1.29 is 9.18 Å². The second-order valence-corrected chi connectivity index (χ2v) is 7.34. The summed E-state index contributed by atoms with van der Waals surface area (Å²) in [5, 5.41) is 3.21. The first-order chi connectivity index (χ1) is 10.4. The first kappa shape index (κ1) is 15.7. The molecule has 1 aliphatic carbocycles. The van der Waals surface area contributed by atoms with Crippen LogP contribution in [0, 0.1) is 11.7 Å². The van der Waals surface area contributed by atoms with Gasteiger partial charge < -0.3 is 0 Å².